The zero-order valence-electron chi connectivity index (χ0n) is 22.3. The molecule has 0 aromatic carbocycles. The van der Waals surface area contributed by atoms with Gasteiger partial charge in [-0.2, -0.15) is 0 Å². The maximum Gasteiger partial charge on any atom is 0.316 e. The Kier molecular flexibility index (Phi) is 9.92. The van der Waals surface area contributed by atoms with Crippen LogP contribution in [-0.2, 0) is 9.53 Å². The van der Waals surface area contributed by atoms with E-state index in [2.05, 4.69) is 60.3 Å². The number of fused-ring (bicyclic) bond motifs is 1. The molecule has 0 saturated heterocycles. The van der Waals surface area contributed by atoms with Crippen LogP contribution in [0, 0.1) is 35.0 Å². The first-order valence-electron chi connectivity index (χ1n) is 13.7. The van der Waals surface area contributed by atoms with Crippen molar-refractivity contribution in [2.75, 3.05) is 5.33 Å². The number of rotatable bonds is 7. The normalized spacial score (nSPS) is 32.2. The number of hydrogen-bond acceptors (Lipinski definition) is 3. The van der Waals surface area contributed by atoms with Crippen molar-refractivity contribution in [1.82, 2.24) is 0 Å². The largest absolute Gasteiger partial charge is 0.461 e. The highest BCUT2D eigenvalue weighted by atomic mass is 79.9. The minimum atomic E-state index is -0.829. The van der Waals surface area contributed by atoms with Gasteiger partial charge in [0.1, 0.15) is 17.0 Å². The highest BCUT2D eigenvalue weighted by Gasteiger charge is 2.50. The molecule has 3 aliphatic carbocycles. The smallest absolute Gasteiger partial charge is 0.316 e. The summed E-state index contributed by atoms with van der Waals surface area (Å²) in [4.78, 5) is 11.7. The summed E-state index contributed by atoms with van der Waals surface area (Å²) in [7, 11) is 0. The molecule has 0 aromatic rings. The van der Waals surface area contributed by atoms with Crippen molar-refractivity contribution >= 4 is 21.9 Å². The van der Waals surface area contributed by atoms with Gasteiger partial charge in [0.25, 0.3) is 0 Å². The third-order valence-corrected chi connectivity index (χ3v) is 9.67. The molecular weight excluding hydrogens is 500 g/mol. The van der Waals surface area contributed by atoms with E-state index in [0.717, 1.165) is 25.7 Å². The summed E-state index contributed by atoms with van der Waals surface area (Å²) in [6.45, 7) is 13.2. The second-order valence-corrected chi connectivity index (χ2v) is 11.9. The standard InChI is InChI=1S/C31H45BrO3/c1-6-31(34,7-2)19-8-10-23(4)27-16-17-28-24(11-9-18-30(27,28)5)13-14-25-20-26(15-12-22(25)3)35-29(33)21-32/h13-14,23,26-28,34H,3,6-7,9-12,15-18,20-21H2,1-2,4-5H3/b24-13+,25-14-/t23-,26-,27+,28?,30?/m0/s1. The first kappa shape index (κ1) is 28.3. The van der Waals surface area contributed by atoms with Crippen LogP contribution in [-0.4, -0.2) is 28.1 Å². The number of aliphatic hydroxyl groups is 1. The van der Waals surface area contributed by atoms with Crippen molar-refractivity contribution in [2.24, 2.45) is 23.2 Å². The molecule has 0 radical (unpaired) electrons. The topological polar surface area (TPSA) is 46.5 Å². The van der Waals surface area contributed by atoms with Crippen LogP contribution < -0.4 is 0 Å². The Balaban J connectivity index is 1.71. The minimum absolute atomic E-state index is 0.0392. The van der Waals surface area contributed by atoms with Gasteiger partial charge in [0, 0.05) is 12.8 Å². The van der Waals surface area contributed by atoms with E-state index in [1.54, 1.807) is 5.57 Å². The summed E-state index contributed by atoms with van der Waals surface area (Å²) in [6.07, 6.45) is 15.6. The Morgan fingerprint density at radius 2 is 2.03 bits per heavy atom. The molecule has 1 N–H and O–H groups in total. The number of hydrogen-bond donors (Lipinski definition) is 1. The maximum absolute atomic E-state index is 11.7. The molecule has 0 aromatic heterocycles. The van der Waals surface area contributed by atoms with E-state index < -0.39 is 5.60 Å². The number of halogens is 1. The van der Waals surface area contributed by atoms with E-state index in [0.29, 0.717) is 36.0 Å². The van der Waals surface area contributed by atoms with E-state index in [1.807, 2.05) is 13.8 Å². The van der Waals surface area contributed by atoms with Gasteiger partial charge in [0.2, 0.25) is 0 Å². The average molecular weight is 546 g/mol. The Morgan fingerprint density at radius 1 is 1.29 bits per heavy atom. The third-order valence-electron chi connectivity index (χ3n) is 9.22. The third kappa shape index (κ3) is 6.72. The van der Waals surface area contributed by atoms with Gasteiger partial charge in [-0.05, 0) is 86.5 Å². The fourth-order valence-electron chi connectivity index (χ4n) is 6.86. The van der Waals surface area contributed by atoms with Gasteiger partial charge in [-0.25, -0.2) is 0 Å². The highest BCUT2D eigenvalue weighted by molar-refractivity contribution is 9.09. The van der Waals surface area contributed by atoms with Gasteiger partial charge < -0.3 is 9.84 Å². The van der Waals surface area contributed by atoms with E-state index in [-0.39, 0.29) is 17.4 Å². The predicted octanol–water partition coefficient (Wildman–Crippen LogP) is 7.68. The lowest BCUT2D eigenvalue weighted by molar-refractivity contribution is -0.146. The molecule has 4 heteroatoms. The van der Waals surface area contributed by atoms with E-state index >= 15 is 0 Å². The molecule has 0 bridgehead atoms. The minimum Gasteiger partial charge on any atom is -0.461 e. The molecule has 0 amide bonds. The summed E-state index contributed by atoms with van der Waals surface area (Å²) in [6, 6.07) is 0. The predicted molar refractivity (Wildman–Crippen MR) is 148 cm³/mol. The molecule has 35 heavy (non-hydrogen) atoms. The van der Waals surface area contributed by atoms with Gasteiger partial charge >= 0.3 is 5.97 Å². The molecular formula is C31H45BrO3. The summed E-state index contributed by atoms with van der Waals surface area (Å²) >= 11 is 3.19. The molecule has 3 aliphatic rings. The molecule has 2 unspecified atom stereocenters. The summed E-state index contributed by atoms with van der Waals surface area (Å²) < 4.78 is 5.59. The number of allylic oxidation sites excluding steroid dienone is 4. The highest BCUT2D eigenvalue weighted by Crippen LogP contribution is 2.59. The fraction of sp³-hybridized carbons (Fsp3) is 0.710. The number of carbonyl (C=O) groups is 1. The van der Waals surface area contributed by atoms with Crippen molar-refractivity contribution in [3.63, 3.8) is 0 Å². The van der Waals surface area contributed by atoms with Crippen LogP contribution in [0.1, 0.15) is 98.3 Å². The monoisotopic (exact) mass is 544 g/mol. The first-order valence-corrected chi connectivity index (χ1v) is 14.8. The Bertz CT molecular complexity index is 900. The molecule has 3 fully saturated rings. The van der Waals surface area contributed by atoms with Gasteiger partial charge in [-0.15, -0.1) is 0 Å². The van der Waals surface area contributed by atoms with Crippen molar-refractivity contribution in [3.8, 4) is 11.8 Å². The second-order valence-electron chi connectivity index (χ2n) is 11.3. The lowest BCUT2D eigenvalue weighted by Gasteiger charge is -2.44. The molecule has 0 spiro atoms. The Hall–Kier alpha value is -1.31. The van der Waals surface area contributed by atoms with Gasteiger partial charge in [0.05, 0.1) is 0 Å². The van der Waals surface area contributed by atoms with Crippen LogP contribution in [0.15, 0.2) is 35.5 Å². The molecule has 5 atom stereocenters. The molecule has 3 nitrogen and oxygen atoms in total. The average Bonchev–Trinajstić information content (AvgIpc) is 3.21. The van der Waals surface area contributed by atoms with Crippen LogP contribution in [0.4, 0.5) is 0 Å². The zero-order valence-corrected chi connectivity index (χ0v) is 23.9. The van der Waals surface area contributed by atoms with Crippen LogP contribution in [0.5, 0.6) is 0 Å². The van der Waals surface area contributed by atoms with E-state index in [1.165, 1.54) is 43.3 Å². The van der Waals surface area contributed by atoms with Crippen molar-refractivity contribution in [1.29, 1.82) is 0 Å². The number of carbonyl (C=O) groups excluding carboxylic acids is 1. The fourth-order valence-corrected chi connectivity index (χ4v) is 6.99. The van der Waals surface area contributed by atoms with Gasteiger partial charge in [0.15, 0.2) is 0 Å². The molecule has 0 aliphatic heterocycles. The number of ether oxygens (including phenoxy) is 1. The first-order chi connectivity index (χ1) is 16.7. The SMILES string of the molecule is C=C1CC[C@H](OC(=O)CBr)C/C1=C/C=C1\CCCC2(C)C1CC[C@@H]2[C@@H](C)CC#CC(O)(CC)CC. The molecule has 0 heterocycles. The van der Waals surface area contributed by atoms with Gasteiger partial charge in [-0.3, -0.25) is 4.79 Å². The van der Waals surface area contributed by atoms with E-state index in [9.17, 15) is 9.90 Å². The quantitative estimate of drug-likeness (QED) is 0.203. The van der Waals surface area contributed by atoms with E-state index in [4.69, 9.17) is 4.74 Å². The summed E-state index contributed by atoms with van der Waals surface area (Å²) in [5.74, 6) is 8.18. The lowest BCUT2D eigenvalue weighted by atomic mass is 9.61. The van der Waals surface area contributed by atoms with Crippen LogP contribution >= 0.6 is 15.9 Å². The Labute approximate surface area is 222 Å². The summed E-state index contributed by atoms with van der Waals surface area (Å²) in [5, 5.41) is 10.8. The maximum atomic E-state index is 11.7. The van der Waals surface area contributed by atoms with Crippen LogP contribution in [0.25, 0.3) is 0 Å². The Morgan fingerprint density at radius 3 is 2.71 bits per heavy atom. The van der Waals surface area contributed by atoms with Crippen molar-refractivity contribution in [2.45, 2.75) is 110 Å². The number of alkyl halides is 1. The number of esters is 1. The van der Waals surface area contributed by atoms with Gasteiger partial charge in [-0.1, -0.05) is 85.3 Å². The second kappa shape index (κ2) is 12.3. The van der Waals surface area contributed by atoms with Crippen molar-refractivity contribution < 1.29 is 14.6 Å². The zero-order chi connectivity index (χ0) is 25.6. The molecule has 3 saturated carbocycles. The molecule has 3 rings (SSSR count). The summed E-state index contributed by atoms with van der Waals surface area (Å²) in [5.41, 5.74) is 3.51. The van der Waals surface area contributed by atoms with Crippen LogP contribution in [0.2, 0.25) is 0 Å². The van der Waals surface area contributed by atoms with Crippen molar-refractivity contribution in [3.05, 3.63) is 35.5 Å². The lowest BCUT2D eigenvalue weighted by Crippen LogP contribution is -2.36. The molecule has 194 valence electrons. The van der Waals surface area contributed by atoms with Crippen LogP contribution in [0.3, 0.4) is 0 Å².